The van der Waals surface area contributed by atoms with E-state index in [4.69, 9.17) is 5.11 Å². The maximum Gasteiger partial charge on any atom is 0.309 e. The van der Waals surface area contributed by atoms with Crippen molar-refractivity contribution in [3.05, 3.63) is 43.9 Å². The molecule has 0 fully saturated rings. The molecule has 0 unspecified atom stereocenters. The van der Waals surface area contributed by atoms with Gasteiger partial charge >= 0.3 is 5.97 Å². The van der Waals surface area contributed by atoms with Crippen LogP contribution in [0.15, 0.2) is 27.1 Å². The summed E-state index contributed by atoms with van der Waals surface area (Å²) in [5.41, 5.74) is -0.691. The van der Waals surface area contributed by atoms with Crippen molar-refractivity contribution < 1.29 is 14.7 Å². The molecular weight excluding hydrogens is 300 g/mol. The van der Waals surface area contributed by atoms with Gasteiger partial charge in [0.15, 0.2) is 5.13 Å². The molecule has 0 spiro atoms. The third-order valence-electron chi connectivity index (χ3n) is 2.32. The van der Waals surface area contributed by atoms with Crippen molar-refractivity contribution in [3.8, 4) is 0 Å². The second kappa shape index (κ2) is 6.13. The number of carbonyl (C=O) groups is 2. The largest absolute Gasteiger partial charge is 0.481 e. The van der Waals surface area contributed by atoms with E-state index >= 15 is 0 Å². The average Bonchev–Trinajstić information content (AvgIpc) is 2.80. The quantitative estimate of drug-likeness (QED) is 0.666. The van der Waals surface area contributed by atoms with Gasteiger partial charge in [-0.05, 0) is 0 Å². The zero-order valence-corrected chi connectivity index (χ0v) is 11.3. The molecule has 3 N–H and O–H groups in total. The van der Waals surface area contributed by atoms with E-state index in [9.17, 15) is 19.2 Å². The van der Waals surface area contributed by atoms with Crippen LogP contribution in [-0.2, 0) is 22.6 Å². The zero-order valence-electron chi connectivity index (χ0n) is 10.5. The van der Waals surface area contributed by atoms with Crippen molar-refractivity contribution >= 4 is 28.3 Å². The Balaban J connectivity index is 2.03. The van der Waals surface area contributed by atoms with Crippen molar-refractivity contribution in [3.63, 3.8) is 0 Å². The van der Waals surface area contributed by atoms with Crippen molar-refractivity contribution in [2.75, 3.05) is 5.32 Å². The van der Waals surface area contributed by atoms with Crippen molar-refractivity contribution in [2.24, 2.45) is 0 Å². The highest BCUT2D eigenvalue weighted by Crippen LogP contribution is 2.15. The van der Waals surface area contributed by atoms with Gasteiger partial charge in [-0.25, -0.2) is 9.67 Å². The second-order valence-electron chi connectivity index (χ2n) is 4.00. The first-order valence-corrected chi connectivity index (χ1v) is 6.58. The predicted octanol–water partition coefficient (Wildman–Crippen LogP) is -0.741. The Morgan fingerprint density at radius 1 is 1.38 bits per heavy atom. The van der Waals surface area contributed by atoms with Gasteiger partial charge in [0, 0.05) is 17.5 Å². The Morgan fingerprint density at radius 3 is 2.86 bits per heavy atom. The van der Waals surface area contributed by atoms with E-state index in [1.54, 1.807) is 0 Å². The Bertz CT molecular complexity index is 790. The standard InChI is InChI=1S/C11H10N4O5S/c16-7-1-2-9(18)15(14-7)4-8(17)13-11-12-6(5-21-11)3-10(19)20/h1-2,5H,3-4H2,(H,14,16)(H,19,20)(H,12,13,17). The fourth-order valence-corrected chi connectivity index (χ4v) is 2.21. The molecule has 0 radical (unpaired) electrons. The molecule has 2 rings (SSSR count). The van der Waals surface area contributed by atoms with E-state index in [-0.39, 0.29) is 18.1 Å². The topological polar surface area (TPSA) is 134 Å². The zero-order chi connectivity index (χ0) is 15.4. The van der Waals surface area contributed by atoms with E-state index in [1.165, 1.54) is 5.38 Å². The molecular formula is C11H10N4O5S. The molecule has 2 aromatic rings. The summed E-state index contributed by atoms with van der Waals surface area (Å²) in [7, 11) is 0. The Hall–Kier alpha value is -2.75. The highest BCUT2D eigenvalue weighted by Gasteiger charge is 2.10. The Kier molecular flexibility index (Phi) is 4.28. The van der Waals surface area contributed by atoms with Crippen LogP contribution in [0.4, 0.5) is 5.13 Å². The van der Waals surface area contributed by atoms with Gasteiger partial charge in [-0.1, -0.05) is 0 Å². The smallest absolute Gasteiger partial charge is 0.309 e. The van der Waals surface area contributed by atoms with Crippen LogP contribution in [0, 0.1) is 0 Å². The highest BCUT2D eigenvalue weighted by molar-refractivity contribution is 7.13. The molecule has 1 amide bonds. The second-order valence-corrected chi connectivity index (χ2v) is 4.85. The molecule has 2 heterocycles. The third-order valence-corrected chi connectivity index (χ3v) is 3.13. The van der Waals surface area contributed by atoms with Gasteiger partial charge in [-0.2, -0.15) is 0 Å². The SMILES string of the molecule is O=C(O)Cc1csc(NC(=O)Cn2[nH]c(=O)ccc2=O)n1. The minimum atomic E-state index is -1.02. The van der Waals surface area contributed by atoms with Crippen LogP contribution < -0.4 is 16.4 Å². The third kappa shape index (κ3) is 4.11. The molecule has 10 heteroatoms. The number of thiazole rings is 1. The van der Waals surface area contributed by atoms with Crippen LogP contribution in [0.5, 0.6) is 0 Å². The maximum atomic E-state index is 11.7. The average molecular weight is 310 g/mol. The molecule has 0 aromatic carbocycles. The lowest BCUT2D eigenvalue weighted by Crippen LogP contribution is -2.32. The van der Waals surface area contributed by atoms with Crippen LogP contribution in [-0.4, -0.2) is 31.7 Å². The molecule has 0 atom stereocenters. The van der Waals surface area contributed by atoms with Gasteiger partial charge in [0.1, 0.15) is 6.54 Å². The van der Waals surface area contributed by atoms with Gasteiger partial charge in [-0.3, -0.25) is 24.3 Å². The molecule has 0 aliphatic carbocycles. The normalized spacial score (nSPS) is 10.3. The lowest BCUT2D eigenvalue weighted by molar-refractivity contribution is -0.136. The number of aromatic amines is 1. The molecule has 0 saturated carbocycles. The first-order chi connectivity index (χ1) is 9.94. The molecule has 110 valence electrons. The minimum absolute atomic E-state index is 0.225. The van der Waals surface area contributed by atoms with Crippen molar-refractivity contribution in [2.45, 2.75) is 13.0 Å². The van der Waals surface area contributed by atoms with Crippen LogP contribution in [0.3, 0.4) is 0 Å². The molecule has 21 heavy (non-hydrogen) atoms. The summed E-state index contributed by atoms with van der Waals surface area (Å²) in [5, 5.41) is 15.0. The molecule has 9 nitrogen and oxygen atoms in total. The number of aliphatic carboxylic acids is 1. The molecule has 0 aliphatic heterocycles. The van der Waals surface area contributed by atoms with E-state index in [0.29, 0.717) is 5.69 Å². The number of carboxylic acids is 1. The van der Waals surface area contributed by atoms with Crippen LogP contribution >= 0.6 is 11.3 Å². The number of hydrogen-bond donors (Lipinski definition) is 3. The number of amides is 1. The van der Waals surface area contributed by atoms with Gasteiger partial charge in [0.2, 0.25) is 5.91 Å². The lowest BCUT2D eigenvalue weighted by atomic mass is 10.3. The van der Waals surface area contributed by atoms with E-state index in [2.05, 4.69) is 15.4 Å². The summed E-state index contributed by atoms with van der Waals surface area (Å²) >= 11 is 1.07. The Labute approximate surface area is 120 Å². The van der Waals surface area contributed by atoms with Gasteiger partial charge in [-0.15, -0.1) is 11.3 Å². The van der Waals surface area contributed by atoms with E-state index in [1.807, 2.05) is 0 Å². The van der Waals surface area contributed by atoms with E-state index in [0.717, 1.165) is 28.2 Å². The number of nitrogens with zero attached hydrogens (tertiary/aromatic N) is 2. The molecule has 0 bridgehead atoms. The summed E-state index contributed by atoms with van der Waals surface area (Å²) in [5.74, 6) is -1.58. The first-order valence-electron chi connectivity index (χ1n) is 5.70. The number of rotatable bonds is 5. The number of aromatic nitrogens is 3. The first kappa shape index (κ1) is 14.7. The number of H-pyrrole nitrogens is 1. The molecule has 2 aromatic heterocycles. The van der Waals surface area contributed by atoms with Crippen LogP contribution in [0.1, 0.15) is 5.69 Å². The van der Waals surface area contributed by atoms with E-state index < -0.39 is 23.0 Å². The summed E-state index contributed by atoms with van der Waals surface area (Å²) < 4.78 is 0.865. The fourth-order valence-electron chi connectivity index (χ4n) is 1.48. The van der Waals surface area contributed by atoms with Crippen molar-refractivity contribution in [1.29, 1.82) is 0 Å². The van der Waals surface area contributed by atoms with Gasteiger partial charge in [0.25, 0.3) is 11.1 Å². The van der Waals surface area contributed by atoms with Gasteiger partial charge < -0.3 is 10.4 Å². The number of carboxylic acid groups (broad SMARTS) is 1. The number of hydrogen-bond acceptors (Lipinski definition) is 6. The number of carbonyl (C=O) groups excluding carboxylic acids is 1. The van der Waals surface area contributed by atoms with Crippen LogP contribution in [0.25, 0.3) is 0 Å². The fraction of sp³-hybridized carbons (Fsp3) is 0.182. The number of nitrogens with one attached hydrogen (secondary N) is 2. The maximum absolute atomic E-state index is 11.7. The van der Waals surface area contributed by atoms with Gasteiger partial charge in [0.05, 0.1) is 12.1 Å². The lowest BCUT2D eigenvalue weighted by Gasteiger charge is -2.04. The minimum Gasteiger partial charge on any atom is -0.481 e. The summed E-state index contributed by atoms with van der Waals surface area (Å²) in [4.78, 5) is 48.7. The molecule has 0 aliphatic rings. The molecule has 0 saturated heterocycles. The summed E-state index contributed by atoms with van der Waals surface area (Å²) in [6.45, 7) is -0.372. The highest BCUT2D eigenvalue weighted by atomic mass is 32.1. The number of anilines is 1. The summed E-state index contributed by atoms with van der Waals surface area (Å²) in [6, 6.07) is 2.12. The predicted molar refractivity (Wildman–Crippen MR) is 73.4 cm³/mol. The summed E-state index contributed by atoms with van der Waals surface area (Å²) in [6.07, 6.45) is -0.238. The van der Waals surface area contributed by atoms with Crippen molar-refractivity contribution in [1.82, 2.24) is 14.8 Å². The van der Waals surface area contributed by atoms with Crippen LogP contribution in [0.2, 0.25) is 0 Å². The Morgan fingerprint density at radius 2 is 2.14 bits per heavy atom. The monoisotopic (exact) mass is 310 g/mol.